The Morgan fingerprint density at radius 1 is 1.56 bits per heavy atom. The molecule has 0 spiro atoms. The van der Waals surface area contributed by atoms with Crippen LogP contribution < -0.4 is 0 Å². The Morgan fingerprint density at radius 3 is 2.78 bits per heavy atom. The standard InChI is InChI=1S/C6H11FO2/c7-6-1-5(2-8)3-9-4-6/h5-6,8H,1-4H2. The molecule has 54 valence electrons. The lowest BCUT2D eigenvalue weighted by molar-refractivity contribution is -0.0166. The minimum atomic E-state index is -0.865. The molecule has 1 saturated heterocycles. The second-order valence-corrected chi connectivity index (χ2v) is 2.42. The number of halogens is 1. The molecular formula is C6H11FO2. The van der Waals surface area contributed by atoms with Crippen molar-refractivity contribution in [2.75, 3.05) is 19.8 Å². The second-order valence-electron chi connectivity index (χ2n) is 2.42. The first kappa shape index (κ1) is 6.96. The van der Waals surface area contributed by atoms with Crippen LogP contribution in [0.15, 0.2) is 0 Å². The van der Waals surface area contributed by atoms with Crippen molar-refractivity contribution in [1.82, 2.24) is 0 Å². The largest absolute Gasteiger partial charge is 0.396 e. The molecule has 0 amide bonds. The fourth-order valence-corrected chi connectivity index (χ4v) is 0.988. The third-order valence-corrected chi connectivity index (χ3v) is 1.50. The first-order valence-corrected chi connectivity index (χ1v) is 3.15. The van der Waals surface area contributed by atoms with Crippen LogP contribution >= 0.6 is 0 Å². The predicted octanol–water partition coefficient (Wildman–Crippen LogP) is 0.353. The number of rotatable bonds is 1. The molecule has 0 radical (unpaired) electrons. The van der Waals surface area contributed by atoms with Crippen LogP contribution in [-0.2, 0) is 4.74 Å². The highest BCUT2D eigenvalue weighted by Gasteiger charge is 2.20. The Kier molecular flexibility index (Phi) is 2.42. The van der Waals surface area contributed by atoms with Crippen LogP contribution in [0.3, 0.4) is 0 Å². The zero-order chi connectivity index (χ0) is 6.69. The average Bonchev–Trinajstić information content (AvgIpc) is 1.88. The highest BCUT2D eigenvalue weighted by atomic mass is 19.1. The smallest absolute Gasteiger partial charge is 0.124 e. The summed E-state index contributed by atoms with van der Waals surface area (Å²) in [5.74, 6) is 0.0220. The van der Waals surface area contributed by atoms with Gasteiger partial charge in [-0.05, 0) is 6.42 Å². The third-order valence-electron chi connectivity index (χ3n) is 1.50. The van der Waals surface area contributed by atoms with E-state index in [9.17, 15) is 4.39 Å². The molecule has 9 heavy (non-hydrogen) atoms. The van der Waals surface area contributed by atoms with Gasteiger partial charge in [-0.3, -0.25) is 0 Å². The van der Waals surface area contributed by atoms with Gasteiger partial charge in [0.15, 0.2) is 0 Å². The molecule has 0 bridgehead atoms. The maximum Gasteiger partial charge on any atom is 0.124 e. The fraction of sp³-hybridized carbons (Fsp3) is 1.00. The number of hydrogen-bond acceptors (Lipinski definition) is 2. The average molecular weight is 134 g/mol. The van der Waals surface area contributed by atoms with Crippen molar-refractivity contribution in [1.29, 1.82) is 0 Å². The van der Waals surface area contributed by atoms with E-state index in [0.29, 0.717) is 13.0 Å². The van der Waals surface area contributed by atoms with Gasteiger partial charge in [-0.2, -0.15) is 0 Å². The zero-order valence-corrected chi connectivity index (χ0v) is 5.22. The molecule has 1 aliphatic heterocycles. The van der Waals surface area contributed by atoms with Crippen LogP contribution in [0.5, 0.6) is 0 Å². The molecule has 1 fully saturated rings. The highest BCUT2D eigenvalue weighted by Crippen LogP contribution is 2.15. The van der Waals surface area contributed by atoms with Gasteiger partial charge < -0.3 is 9.84 Å². The summed E-state index contributed by atoms with van der Waals surface area (Å²) in [7, 11) is 0. The minimum absolute atomic E-state index is 0.0220. The summed E-state index contributed by atoms with van der Waals surface area (Å²) in [4.78, 5) is 0. The SMILES string of the molecule is OCC1COCC(F)C1. The number of hydrogen-bond donors (Lipinski definition) is 1. The van der Waals surface area contributed by atoms with Gasteiger partial charge in [0.25, 0.3) is 0 Å². The Labute approximate surface area is 53.6 Å². The van der Waals surface area contributed by atoms with E-state index < -0.39 is 6.17 Å². The highest BCUT2D eigenvalue weighted by molar-refractivity contribution is 4.68. The molecule has 0 aromatic carbocycles. The van der Waals surface area contributed by atoms with Gasteiger partial charge in [0, 0.05) is 12.5 Å². The monoisotopic (exact) mass is 134 g/mol. The van der Waals surface area contributed by atoms with Crippen molar-refractivity contribution in [2.45, 2.75) is 12.6 Å². The summed E-state index contributed by atoms with van der Waals surface area (Å²) in [5.41, 5.74) is 0. The number of alkyl halides is 1. The lowest BCUT2D eigenvalue weighted by atomic mass is 10.0. The number of aliphatic hydroxyl groups excluding tert-OH is 1. The summed E-state index contributed by atoms with van der Waals surface area (Å²) in [6.45, 7) is 0.758. The van der Waals surface area contributed by atoms with Crippen LogP contribution in [0, 0.1) is 5.92 Å². The fourth-order valence-electron chi connectivity index (χ4n) is 0.988. The van der Waals surface area contributed by atoms with Gasteiger partial charge in [-0.25, -0.2) is 4.39 Å². The maximum atomic E-state index is 12.4. The molecule has 1 aliphatic rings. The number of aliphatic hydroxyl groups is 1. The zero-order valence-electron chi connectivity index (χ0n) is 5.22. The molecule has 2 atom stereocenters. The van der Waals surface area contributed by atoms with E-state index in [2.05, 4.69) is 0 Å². The maximum absolute atomic E-state index is 12.4. The Hall–Kier alpha value is -0.150. The first-order valence-electron chi connectivity index (χ1n) is 3.15. The topological polar surface area (TPSA) is 29.5 Å². The van der Waals surface area contributed by atoms with E-state index in [1.165, 1.54) is 0 Å². The van der Waals surface area contributed by atoms with Gasteiger partial charge in [-0.1, -0.05) is 0 Å². The molecule has 0 aromatic rings. The Balaban J connectivity index is 2.23. The molecule has 1 N–H and O–H groups in total. The molecule has 0 saturated carbocycles. The summed E-state index contributed by atoms with van der Waals surface area (Å²) in [6, 6.07) is 0. The Morgan fingerprint density at radius 2 is 2.33 bits per heavy atom. The van der Waals surface area contributed by atoms with Crippen LogP contribution in [0.4, 0.5) is 4.39 Å². The van der Waals surface area contributed by atoms with Crippen LogP contribution in [-0.4, -0.2) is 31.1 Å². The van der Waals surface area contributed by atoms with Gasteiger partial charge in [-0.15, -0.1) is 0 Å². The Bertz CT molecular complexity index is 87.1. The van der Waals surface area contributed by atoms with E-state index >= 15 is 0 Å². The molecule has 2 nitrogen and oxygen atoms in total. The van der Waals surface area contributed by atoms with E-state index in [1.807, 2.05) is 0 Å². The second kappa shape index (κ2) is 3.13. The van der Waals surface area contributed by atoms with E-state index in [0.717, 1.165) is 0 Å². The first-order chi connectivity index (χ1) is 4.33. The minimum Gasteiger partial charge on any atom is -0.396 e. The normalized spacial score (nSPS) is 36.7. The van der Waals surface area contributed by atoms with E-state index in [1.54, 1.807) is 0 Å². The molecular weight excluding hydrogens is 123 g/mol. The third kappa shape index (κ3) is 1.91. The van der Waals surface area contributed by atoms with Gasteiger partial charge >= 0.3 is 0 Å². The lowest BCUT2D eigenvalue weighted by Gasteiger charge is -2.22. The quantitative estimate of drug-likeness (QED) is 0.560. The van der Waals surface area contributed by atoms with Crippen LogP contribution in [0.2, 0.25) is 0 Å². The number of ether oxygens (including phenoxy) is 1. The van der Waals surface area contributed by atoms with Gasteiger partial charge in [0.05, 0.1) is 13.2 Å². The summed E-state index contributed by atoms with van der Waals surface area (Å²) in [6.07, 6.45) is -0.410. The van der Waals surface area contributed by atoms with Crippen molar-refractivity contribution in [2.24, 2.45) is 5.92 Å². The summed E-state index contributed by atoms with van der Waals surface area (Å²) >= 11 is 0. The van der Waals surface area contributed by atoms with E-state index in [-0.39, 0.29) is 19.1 Å². The summed E-state index contributed by atoms with van der Waals surface area (Å²) in [5, 5.41) is 8.56. The molecule has 0 aliphatic carbocycles. The van der Waals surface area contributed by atoms with Crippen LogP contribution in [0.25, 0.3) is 0 Å². The molecule has 0 aromatic heterocycles. The van der Waals surface area contributed by atoms with Crippen LogP contribution in [0.1, 0.15) is 6.42 Å². The van der Waals surface area contributed by atoms with Crippen molar-refractivity contribution >= 4 is 0 Å². The van der Waals surface area contributed by atoms with Crippen molar-refractivity contribution in [3.8, 4) is 0 Å². The molecule has 1 rings (SSSR count). The van der Waals surface area contributed by atoms with Crippen molar-refractivity contribution in [3.63, 3.8) is 0 Å². The van der Waals surface area contributed by atoms with Gasteiger partial charge in [0.2, 0.25) is 0 Å². The van der Waals surface area contributed by atoms with Gasteiger partial charge in [0.1, 0.15) is 6.17 Å². The van der Waals surface area contributed by atoms with Crippen molar-refractivity contribution in [3.05, 3.63) is 0 Å². The predicted molar refractivity (Wildman–Crippen MR) is 30.9 cm³/mol. The molecule has 1 heterocycles. The molecule has 3 heteroatoms. The molecule has 2 unspecified atom stereocenters. The van der Waals surface area contributed by atoms with Crippen molar-refractivity contribution < 1.29 is 14.2 Å². The lowest BCUT2D eigenvalue weighted by Crippen LogP contribution is -2.28. The van der Waals surface area contributed by atoms with E-state index in [4.69, 9.17) is 9.84 Å². The summed E-state index contributed by atoms with van der Waals surface area (Å²) < 4.78 is 17.2.